The zero-order valence-corrected chi connectivity index (χ0v) is 9.15. The van der Waals surface area contributed by atoms with Gasteiger partial charge in [0.2, 0.25) is 0 Å². The molecular weight excluding hydrogens is 176 g/mol. The molecule has 1 heterocycles. The van der Waals surface area contributed by atoms with Crippen molar-refractivity contribution in [2.75, 3.05) is 39.3 Å². The molecule has 0 unspecified atom stereocenters. The summed E-state index contributed by atoms with van der Waals surface area (Å²) < 4.78 is 0. The second kappa shape index (κ2) is 4.60. The largest absolute Gasteiger partial charge is 0.395 e. The summed E-state index contributed by atoms with van der Waals surface area (Å²) in [6.45, 7) is 8.24. The van der Waals surface area contributed by atoms with Crippen LogP contribution in [0.4, 0.5) is 0 Å². The number of rotatable bonds is 4. The normalized spacial score (nSPS) is 30.9. The number of aliphatic hydroxyl groups excluding tert-OH is 1. The lowest BCUT2D eigenvalue weighted by molar-refractivity contribution is 0.0684. The summed E-state index contributed by atoms with van der Waals surface area (Å²) in [7, 11) is 0. The van der Waals surface area contributed by atoms with Gasteiger partial charge in [-0.3, -0.25) is 9.80 Å². The lowest BCUT2D eigenvalue weighted by Crippen LogP contribution is -2.52. The molecule has 0 radical (unpaired) electrons. The first kappa shape index (κ1) is 10.4. The van der Waals surface area contributed by atoms with E-state index in [0.29, 0.717) is 12.6 Å². The van der Waals surface area contributed by atoms with Crippen molar-refractivity contribution in [2.45, 2.75) is 25.8 Å². The standard InChI is InChI=1S/C11H22N2O/c1-10-8-12(6-7-14)4-5-13(10)9-11-2-3-11/h10-11,14H,2-9H2,1H3/t10-/m0/s1. The average molecular weight is 198 g/mol. The molecule has 3 nitrogen and oxygen atoms in total. The van der Waals surface area contributed by atoms with Crippen LogP contribution >= 0.6 is 0 Å². The zero-order chi connectivity index (χ0) is 9.97. The van der Waals surface area contributed by atoms with E-state index in [9.17, 15) is 0 Å². The molecule has 1 saturated carbocycles. The Morgan fingerprint density at radius 1 is 1.29 bits per heavy atom. The summed E-state index contributed by atoms with van der Waals surface area (Å²) >= 11 is 0. The SMILES string of the molecule is C[C@H]1CN(CCO)CCN1CC1CC1. The van der Waals surface area contributed by atoms with Gasteiger partial charge in [0.15, 0.2) is 0 Å². The number of hydrogen-bond acceptors (Lipinski definition) is 3. The molecule has 2 aliphatic rings. The highest BCUT2D eigenvalue weighted by molar-refractivity contribution is 4.84. The lowest BCUT2D eigenvalue weighted by Gasteiger charge is -2.39. The van der Waals surface area contributed by atoms with Gasteiger partial charge in [-0.05, 0) is 25.7 Å². The quantitative estimate of drug-likeness (QED) is 0.708. The van der Waals surface area contributed by atoms with Crippen LogP contribution < -0.4 is 0 Å². The summed E-state index contributed by atoms with van der Waals surface area (Å²) in [5.74, 6) is 1.00. The Hall–Kier alpha value is -0.120. The molecule has 0 amide bonds. The number of nitrogens with zero attached hydrogens (tertiary/aromatic N) is 2. The van der Waals surface area contributed by atoms with Crippen molar-refractivity contribution in [3.63, 3.8) is 0 Å². The van der Waals surface area contributed by atoms with Gasteiger partial charge < -0.3 is 5.11 Å². The van der Waals surface area contributed by atoms with E-state index in [0.717, 1.165) is 25.6 Å². The molecule has 1 aliphatic heterocycles. The summed E-state index contributed by atoms with van der Waals surface area (Å²) in [5.41, 5.74) is 0. The number of aliphatic hydroxyl groups is 1. The molecule has 14 heavy (non-hydrogen) atoms. The Kier molecular flexibility index (Phi) is 3.42. The van der Waals surface area contributed by atoms with E-state index in [4.69, 9.17) is 5.11 Å². The van der Waals surface area contributed by atoms with Crippen LogP contribution in [0.2, 0.25) is 0 Å². The molecule has 0 spiro atoms. The molecule has 1 aliphatic carbocycles. The number of β-amino-alcohol motifs (C(OH)–C–C–N with tert-alkyl or cyclic N) is 1. The van der Waals surface area contributed by atoms with E-state index >= 15 is 0 Å². The fourth-order valence-corrected chi connectivity index (χ4v) is 2.32. The van der Waals surface area contributed by atoms with Crippen LogP contribution in [0, 0.1) is 5.92 Å². The van der Waals surface area contributed by atoms with Gasteiger partial charge in [0, 0.05) is 38.8 Å². The van der Waals surface area contributed by atoms with Crippen molar-refractivity contribution in [3.05, 3.63) is 0 Å². The smallest absolute Gasteiger partial charge is 0.0558 e. The summed E-state index contributed by atoms with van der Waals surface area (Å²) in [5, 5.41) is 8.87. The first-order chi connectivity index (χ1) is 6.79. The molecule has 0 aromatic heterocycles. The molecular formula is C11H22N2O. The fourth-order valence-electron chi connectivity index (χ4n) is 2.32. The number of piperazine rings is 1. The first-order valence-electron chi connectivity index (χ1n) is 5.87. The molecule has 2 rings (SSSR count). The van der Waals surface area contributed by atoms with Crippen LogP contribution in [0.25, 0.3) is 0 Å². The minimum atomic E-state index is 0.301. The topological polar surface area (TPSA) is 26.7 Å². The van der Waals surface area contributed by atoms with Gasteiger partial charge in [-0.1, -0.05) is 0 Å². The average Bonchev–Trinajstić information content (AvgIpc) is 2.94. The van der Waals surface area contributed by atoms with Crippen molar-refractivity contribution in [1.29, 1.82) is 0 Å². The van der Waals surface area contributed by atoms with Gasteiger partial charge in [-0.2, -0.15) is 0 Å². The highest BCUT2D eigenvalue weighted by Gasteiger charge is 2.29. The van der Waals surface area contributed by atoms with E-state index in [2.05, 4.69) is 16.7 Å². The molecule has 82 valence electrons. The highest BCUT2D eigenvalue weighted by Crippen LogP contribution is 2.30. The summed E-state index contributed by atoms with van der Waals surface area (Å²) in [6.07, 6.45) is 2.90. The Bertz CT molecular complexity index is 182. The minimum Gasteiger partial charge on any atom is -0.395 e. The number of hydrogen-bond donors (Lipinski definition) is 1. The van der Waals surface area contributed by atoms with Gasteiger partial charge in [-0.15, -0.1) is 0 Å². The second-order valence-corrected chi connectivity index (χ2v) is 4.81. The molecule has 0 bridgehead atoms. The van der Waals surface area contributed by atoms with Crippen LogP contribution in [0.5, 0.6) is 0 Å². The highest BCUT2D eigenvalue weighted by atomic mass is 16.3. The predicted molar refractivity (Wildman–Crippen MR) is 57.3 cm³/mol. The van der Waals surface area contributed by atoms with Gasteiger partial charge in [0.25, 0.3) is 0 Å². The molecule has 2 fully saturated rings. The van der Waals surface area contributed by atoms with Crippen LogP contribution in [-0.2, 0) is 0 Å². The molecule has 1 atom stereocenters. The van der Waals surface area contributed by atoms with Crippen LogP contribution in [-0.4, -0.2) is 60.3 Å². The summed E-state index contributed by atoms with van der Waals surface area (Å²) in [4.78, 5) is 4.99. The van der Waals surface area contributed by atoms with Crippen molar-refractivity contribution in [3.8, 4) is 0 Å². The van der Waals surface area contributed by atoms with Crippen LogP contribution in [0.15, 0.2) is 0 Å². The summed E-state index contributed by atoms with van der Waals surface area (Å²) in [6, 6.07) is 0.677. The maximum Gasteiger partial charge on any atom is 0.0558 e. The Morgan fingerprint density at radius 2 is 2.07 bits per heavy atom. The third-order valence-corrected chi connectivity index (χ3v) is 3.46. The fraction of sp³-hybridized carbons (Fsp3) is 1.00. The minimum absolute atomic E-state index is 0.301. The first-order valence-corrected chi connectivity index (χ1v) is 5.87. The Labute approximate surface area is 86.7 Å². The maximum atomic E-state index is 8.87. The van der Waals surface area contributed by atoms with Crippen LogP contribution in [0.3, 0.4) is 0 Å². The predicted octanol–water partition coefficient (Wildman–Crippen LogP) is 0.395. The van der Waals surface area contributed by atoms with Crippen molar-refractivity contribution in [1.82, 2.24) is 9.80 Å². The molecule has 0 aromatic rings. The van der Waals surface area contributed by atoms with Gasteiger partial charge in [-0.25, -0.2) is 0 Å². The third-order valence-electron chi connectivity index (χ3n) is 3.46. The molecule has 1 saturated heterocycles. The third kappa shape index (κ3) is 2.69. The van der Waals surface area contributed by atoms with Crippen molar-refractivity contribution in [2.24, 2.45) is 5.92 Å². The lowest BCUT2D eigenvalue weighted by atomic mass is 10.2. The second-order valence-electron chi connectivity index (χ2n) is 4.81. The van der Waals surface area contributed by atoms with Gasteiger partial charge in [0.1, 0.15) is 0 Å². The van der Waals surface area contributed by atoms with Crippen LogP contribution in [0.1, 0.15) is 19.8 Å². The molecule has 3 heteroatoms. The Balaban J connectivity index is 1.74. The zero-order valence-electron chi connectivity index (χ0n) is 9.15. The van der Waals surface area contributed by atoms with E-state index in [1.165, 1.54) is 25.9 Å². The van der Waals surface area contributed by atoms with Gasteiger partial charge in [0.05, 0.1) is 6.61 Å². The maximum absolute atomic E-state index is 8.87. The molecule has 0 aromatic carbocycles. The monoisotopic (exact) mass is 198 g/mol. The van der Waals surface area contributed by atoms with Gasteiger partial charge >= 0.3 is 0 Å². The van der Waals surface area contributed by atoms with E-state index in [-0.39, 0.29) is 0 Å². The van der Waals surface area contributed by atoms with Crippen molar-refractivity contribution < 1.29 is 5.11 Å². The van der Waals surface area contributed by atoms with E-state index in [1.54, 1.807) is 0 Å². The van der Waals surface area contributed by atoms with Crippen molar-refractivity contribution >= 4 is 0 Å². The molecule has 1 N–H and O–H groups in total. The van der Waals surface area contributed by atoms with E-state index < -0.39 is 0 Å². The van der Waals surface area contributed by atoms with E-state index in [1.807, 2.05) is 0 Å². The Morgan fingerprint density at radius 3 is 2.64 bits per heavy atom.